The molecule has 2 N–H and O–H groups in total. The van der Waals surface area contributed by atoms with Gasteiger partial charge in [-0.25, -0.2) is 13.5 Å². The van der Waals surface area contributed by atoms with Crippen LogP contribution in [0.2, 0.25) is 0 Å². The van der Waals surface area contributed by atoms with Gasteiger partial charge in [0.25, 0.3) is 5.91 Å². The van der Waals surface area contributed by atoms with Gasteiger partial charge in [0.15, 0.2) is 17.3 Å². The summed E-state index contributed by atoms with van der Waals surface area (Å²) >= 11 is 0. The van der Waals surface area contributed by atoms with Crippen LogP contribution in [0.15, 0.2) is 18.2 Å². The molecule has 1 aromatic carbocycles. The van der Waals surface area contributed by atoms with E-state index in [1.807, 2.05) is 0 Å². The van der Waals surface area contributed by atoms with Crippen molar-refractivity contribution in [2.75, 3.05) is 6.54 Å². The molecule has 0 unspecified atom stereocenters. The van der Waals surface area contributed by atoms with Crippen LogP contribution < -0.4 is 10.6 Å². The molecule has 1 saturated carbocycles. The molecule has 1 heterocycles. The zero-order valence-corrected chi connectivity index (χ0v) is 16.1. The van der Waals surface area contributed by atoms with E-state index in [0.29, 0.717) is 17.8 Å². The molecule has 0 bridgehead atoms. The van der Waals surface area contributed by atoms with Gasteiger partial charge in [-0.2, -0.15) is 5.10 Å². The molecule has 0 saturated heterocycles. The standard InChI is InChI=1S/C21H24F2N4O2/c22-16-9-8-14(12-17(16)23)27-18-7-3-6-15(18)20(26-27)21(29)24-11-10-19(28)25-13-4-1-2-5-13/h8-9,12-13H,1-7,10-11H2,(H,24,29)(H,25,28). The lowest BCUT2D eigenvalue weighted by molar-refractivity contribution is -0.121. The van der Waals surface area contributed by atoms with Crippen LogP contribution in [0, 0.1) is 11.6 Å². The van der Waals surface area contributed by atoms with Crippen LogP contribution in [-0.2, 0) is 17.6 Å². The van der Waals surface area contributed by atoms with Gasteiger partial charge in [0.05, 0.1) is 5.69 Å². The van der Waals surface area contributed by atoms with Crippen molar-refractivity contribution in [2.24, 2.45) is 0 Å². The van der Waals surface area contributed by atoms with E-state index in [1.165, 1.54) is 10.7 Å². The van der Waals surface area contributed by atoms with Gasteiger partial charge in [0.1, 0.15) is 0 Å². The third kappa shape index (κ3) is 4.16. The van der Waals surface area contributed by atoms with Crippen LogP contribution >= 0.6 is 0 Å². The third-order valence-corrected chi connectivity index (χ3v) is 5.65. The van der Waals surface area contributed by atoms with Crippen LogP contribution in [0.25, 0.3) is 5.69 Å². The van der Waals surface area contributed by atoms with Gasteiger partial charge in [-0.05, 0) is 44.2 Å². The van der Waals surface area contributed by atoms with E-state index in [4.69, 9.17) is 0 Å². The summed E-state index contributed by atoms with van der Waals surface area (Å²) in [5, 5.41) is 10.1. The highest BCUT2D eigenvalue weighted by Gasteiger charge is 2.27. The Morgan fingerprint density at radius 2 is 1.90 bits per heavy atom. The maximum Gasteiger partial charge on any atom is 0.272 e. The van der Waals surface area contributed by atoms with Gasteiger partial charge in [-0.3, -0.25) is 9.59 Å². The Bertz CT molecular complexity index is 935. The highest BCUT2D eigenvalue weighted by Crippen LogP contribution is 2.28. The van der Waals surface area contributed by atoms with Crippen LogP contribution in [0.4, 0.5) is 8.78 Å². The Balaban J connectivity index is 1.42. The number of benzene rings is 1. The summed E-state index contributed by atoms with van der Waals surface area (Å²) in [4.78, 5) is 24.6. The van der Waals surface area contributed by atoms with Crippen LogP contribution in [-0.4, -0.2) is 34.2 Å². The fourth-order valence-corrected chi connectivity index (χ4v) is 4.19. The predicted molar refractivity (Wildman–Crippen MR) is 103 cm³/mol. The number of nitrogens with zero attached hydrogens (tertiary/aromatic N) is 2. The van der Waals surface area contributed by atoms with Crippen molar-refractivity contribution in [2.45, 2.75) is 57.4 Å². The lowest BCUT2D eigenvalue weighted by Gasteiger charge is -2.11. The number of aromatic nitrogens is 2. The SMILES string of the molecule is O=C(CCNC(=O)c1nn(-c2ccc(F)c(F)c2)c2c1CCC2)NC1CCCC1. The van der Waals surface area contributed by atoms with E-state index in [-0.39, 0.29) is 30.8 Å². The number of fused-ring (bicyclic) bond motifs is 1. The predicted octanol–water partition coefficient (Wildman–Crippen LogP) is 2.82. The Labute approximate surface area is 167 Å². The minimum Gasteiger partial charge on any atom is -0.353 e. The Morgan fingerprint density at radius 3 is 2.66 bits per heavy atom. The van der Waals surface area contributed by atoms with Gasteiger partial charge >= 0.3 is 0 Å². The molecule has 29 heavy (non-hydrogen) atoms. The lowest BCUT2D eigenvalue weighted by Crippen LogP contribution is -2.35. The van der Waals surface area contributed by atoms with E-state index >= 15 is 0 Å². The zero-order valence-electron chi connectivity index (χ0n) is 16.1. The Morgan fingerprint density at radius 1 is 1.10 bits per heavy atom. The number of halogens is 2. The Hall–Kier alpha value is -2.77. The average Bonchev–Trinajstić information content (AvgIpc) is 3.41. The molecule has 2 aromatic rings. The van der Waals surface area contributed by atoms with E-state index in [0.717, 1.165) is 61.9 Å². The molecular weight excluding hydrogens is 378 g/mol. The molecule has 0 radical (unpaired) electrons. The number of carbonyl (C=O) groups is 2. The highest BCUT2D eigenvalue weighted by molar-refractivity contribution is 5.94. The maximum absolute atomic E-state index is 13.6. The minimum atomic E-state index is -0.955. The molecule has 1 aromatic heterocycles. The van der Waals surface area contributed by atoms with Crippen molar-refractivity contribution in [1.82, 2.24) is 20.4 Å². The molecule has 154 valence electrons. The molecule has 6 nitrogen and oxygen atoms in total. The van der Waals surface area contributed by atoms with Crippen molar-refractivity contribution in [3.05, 3.63) is 46.8 Å². The largest absolute Gasteiger partial charge is 0.353 e. The summed E-state index contributed by atoms with van der Waals surface area (Å²) < 4.78 is 28.4. The summed E-state index contributed by atoms with van der Waals surface area (Å²) in [5.74, 6) is -2.29. The minimum absolute atomic E-state index is 0.0604. The molecule has 2 amide bonds. The molecule has 4 rings (SSSR count). The quantitative estimate of drug-likeness (QED) is 0.780. The van der Waals surface area contributed by atoms with Crippen molar-refractivity contribution >= 4 is 11.8 Å². The first-order chi connectivity index (χ1) is 14.0. The normalized spacial score (nSPS) is 16.1. The first-order valence-corrected chi connectivity index (χ1v) is 10.2. The van der Waals surface area contributed by atoms with Crippen molar-refractivity contribution in [1.29, 1.82) is 0 Å². The number of carbonyl (C=O) groups excluding carboxylic acids is 2. The highest BCUT2D eigenvalue weighted by atomic mass is 19.2. The molecule has 2 aliphatic carbocycles. The second-order valence-corrected chi connectivity index (χ2v) is 7.69. The number of rotatable bonds is 6. The second-order valence-electron chi connectivity index (χ2n) is 7.69. The monoisotopic (exact) mass is 402 g/mol. The van der Waals surface area contributed by atoms with E-state index in [2.05, 4.69) is 15.7 Å². The summed E-state index contributed by atoms with van der Waals surface area (Å²) in [6.45, 7) is 0.226. The molecule has 2 aliphatic rings. The number of hydrogen-bond acceptors (Lipinski definition) is 3. The van der Waals surface area contributed by atoms with Crippen LogP contribution in [0.3, 0.4) is 0 Å². The van der Waals surface area contributed by atoms with Crippen molar-refractivity contribution in [3.63, 3.8) is 0 Å². The number of nitrogens with one attached hydrogen (secondary N) is 2. The van der Waals surface area contributed by atoms with Gasteiger partial charge in [0, 0.05) is 36.3 Å². The summed E-state index contributed by atoms with van der Waals surface area (Å²) in [6, 6.07) is 3.83. The van der Waals surface area contributed by atoms with Gasteiger partial charge < -0.3 is 10.6 Å². The van der Waals surface area contributed by atoms with E-state index in [1.54, 1.807) is 0 Å². The fourth-order valence-electron chi connectivity index (χ4n) is 4.19. The first-order valence-electron chi connectivity index (χ1n) is 10.2. The molecular formula is C21H24F2N4O2. The number of amides is 2. The van der Waals surface area contributed by atoms with Crippen LogP contribution in [0.1, 0.15) is 60.3 Å². The topological polar surface area (TPSA) is 76.0 Å². The van der Waals surface area contributed by atoms with Gasteiger partial charge in [-0.15, -0.1) is 0 Å². The molecule has 0 spiro atoms. The molecule has 0 atom stereocenters. The number of hydrogen-bond donors (Lipinski definition) is 2. The molecule has 0 aliphatic heterocycles. The van der Waals surface area contributed by atoms with E-state index < -0.39 is 11.6 Å². The van der Waals surface area contributed by atoms with Gasteiger partial charge in [-0.1, -0.05) is 12.8 Å². The second kappa shape index (κ2) is 8.31. The first kappa shape index (κ1) is 19.5. The maximum atomic E-state index is 13.6. The zero-order chi connectivity index (χ0) is 20.4. The van der Waals surface area contributed by atoms with Crippen molar-refractivity contribution in [3.8, 4) is 5.69 Å². The van der Waals surface area contributed by atoms with Crippen LogP contribution in [0.5, 0.6) is 0 Å². The van der Waals surface area contributed by atoms with Crippen molar-refractivity contribution < 1.29 is 18.4 Å². The smallest absolute Gasteiger partial charge is 0.272 e. The third-order valence-electron chi connectivity index (χ3n) is 5.65. The fraction of sp³-hybridized carbons (Fsp3) is 0.476. The van der Waals surface area contributed by atoms with E-state index in [9.17, 15) is 18.4 Å². The summed E-state index contributed by atoms with van der Waals surface area (Å²) in [6.07, 6.45) is 6.86. The summed E-state index contributed by atoms with van der Waals surface area (Å²) in [7, 11) is 0. The molecule has 8 heteroatoms. The lowest BCUT2D eigenvalue weighted by atomic mass is 10.2. The van der Waals surface area contributed by atoms with Gasteiger partial charge in [0.2, 0.25) is 5.91 Å². The molecule has 1 fully saturated rings. The average molecular weight is 402 g/mol. The summed E-state index contributed by atoms with van der Waals surface area (Å²) in [5.41, 5.74) is 2.36. The Kier molecular flexibility index (Phi) is 5.60.